The van der Waals surface area contributed by atoms with Crippen LogP contribution in [-0.2, 0) is 23.9 Å². The number of hydrogen-bond acceptors (Lipinski definition) is 7. The van der Waals surface area contributed by atoms with Gasteiger partial charge >= 0.3 is 11.9 Å². The van der Waals surface area contributed by atoms with Crippen LogP contribution in [0.15, 0.2) is 12.2 Å². The van der Waals surface area contributed by atoms with Gasteiger partial charge in [0.25, 0.3) is 0 Å². The maximum atomic E-state index is 12.3. The number of unbranched alkanes of at least 4 members (excludes halogenated alkanes) is 5. The smallest absolute Gasteiger partial charge is 0.305 e. The standard InChI is InChI=1S/C25H42O7/c1-3-5-8-11-19(26)14-15-21-20(22(27)18-23(21)28)12-9-6-7-10-13-25(30)32-17-16-31-24(29)4-2/h14-15,19-21,23,26,28H,3-13,16-18H2,1-2H3/b15-14+/t19-,20+,21+,23+/m0/s1. The first kappa shape index (κ1) is 28.3. The lowest BCUT2D eigenvalue weighted by Gasteiger charge is -2.18. The molecule has 0 radical (unpaired) electrons. The molecule has 0 amide bonds. The molecular weight excluding hydrogens is 412 g/mol. The van der Waals surface area contributed by atoms with E-state index in [1.54, 1.807) is 13.0 Å². The number of ketones is 1. The van der Waals surface area contributed by atoms with Gasteiger partial charge in [0.05, 0.1) is 12.2 Å². The number of carbonyl (C=O) groups is 3. The summed E-state index contributed by atoms with van der Waals surface area (Å²) in [6.45, 7) is 3.99. The SMILES string of the molecule is CCCCC[C@H](O)/C=C/[C@H]1[C@H](O)CC(=O)[C@@H]1CCCCCCC(=O)OCCOC(=O)CC. The number of esters is 2. The van der Waals surface area contributed by atoms with Crippen LogP contribution < -0.4 is 0 Å². The minimum absolute atomic E-state index is 0.0822. The highest BCUT2D eigenvalue weighted by atomic mass is 16.6. The maximum Gasteiger partial charge on any atom is 0.305 e. The third kappa shape index (κ3) is 11.8. The monoisotopic (exact) mass is 454 g/mol. The van der Waals surface area contributed by atoms with Crippen molar-refractivity contribution in [1.82, 2.24) is 0 Å². The molecule has 0 aromatic carbocycles. The summed E-state index contributed by atoms with van der Waals surface area (Å²) in [6, 6.07) is 0. The molecule has 0 spiro atoms. The van der Waals surface area contributed by atoms with Gasteiger partial charge in [0.1, 0.15) is 19.0 Å². The highest BCUT2D eigenvalue weighted by Gasteiger charge is 2.39. The molecule has 1 aliphatic rings. The summed E-state index contributed by atoms with van der Waals surface area (Å²) in [6.07, 6.45) is 11.1. The molecule has 1 fully saturated rings. The van der Waals surface area contributed by atoms with Crippen molar-refractivity contribution in [3.05, 3.63) is 12.2 Å². The Bertz CT molecular complexity index is 587. The molecule has 0 bridgehead atoms. The Morgan fingerprint density at radius 2 is 1.72 bits per heavy atom. The van der Waals surface area contributed by atoms with Crippen molar-refractivity contribution in [2.75, 3.05) is 13.2 Å². The van der Waals surface area contributed by atoms with Crippen molar-refractivity contribution < 1.29 is 34.1 Å². The quantitative estimate of drug-likeness (QED) is 0.195. The van der Waals surface area contributed by atoms with E-state index in [-0.39, 0.29) is 49.2 Å². The van der Waals surface area contributed by atoms with Crippen molar-refractivity contribution in [2.45, 2.75) is 103 Å². The van der Waals surface area contributed by atoms with Crippen molar-refractivity contribution >= 4 is 17.7 Å². The number of aliphatic hydroxyl groups is 2. The Morgan fingerprint density at radius 1 is 1.03 bits per heavy atom. The highest BCUT2D eigenvalue weighted by Crippen LogP contribution is 2.34. The molecule has 32 heavy (non-hydrogen) atoms. The topological polar surface area (TPSA) is 110 Å². The summed E-state index contributed by atoms with van der Waals surface area (Å²) in [5.41, 5.74) is 0. The van der Waals surface area contributed by atoms with Crippen LogP contribution in [0, 0.1) is 11.8 Å². The van der Waals surface area contributed by atoms with Crippen molar-refractivity contribution in [3.63, 3.8) is 0 Å². The normalized spacial score (nSPS) is 21.8. The average molecular weight is 455 g/mol. The van der Waals surface area contributed by atoms with Crippen LogP contribution in [0.2, 0.25) is 0 Å². The maximum absolute atomic E-state index is 12.3. The van der Waals surface area contributed by atoms with E-state index in [2.05, 4.69) is 6.92 Å². The fraction of sp³-hybridized carbons (Fsp3) is 0.800. The van der Waals surface area contributed by atoms with Crippen molar-refractivity contribution in [2.24, 2.45) is 11.8 Å². The van der Waals surface area contributed by atoms with Crippen LogP contribution in [-0.4, -0.2) is 53.4 Å². The Kier molecular flexibility index (Phi) is 14.9. The van der Waals surface area contributed by atoms with E-state index in [0.29, 0.717) is 32.1 Å². The lowest BCUT2D eigenvalue weighted by atomic mass is 9.88. The van der Waals surface area contributed by atoms with E-state index in [1.807, 2.05) is 6.08 Å². The summed E-state index contributed by atoms with van der Waals surface area (Å²) < 4.78 is 9.87. The molecule has 0 saturated heterocycles. The second-order valence-electron chi connectivity index (χ2n) is 8.62. The van der Waals surface area contributed by atoms with Gasteiger partial charge in [0.15, 0.2) is 0 Å². The summed E-state index contributed by atoms with van der Waals surface area (Å²) >= 11 is 0. The average Bonchev–Trinajstić information content (AvgIpc) is 3.04. The van der Waals surface area contributed by atoms with Crippen LogP contribution in [0.3, 0.4) is 0 Å². The van der Waals surface area contributed by atoms with Gasteiger partial charge in [-0.15, -0.1) is 0 Å². The number of hydrogen-bond donors (Lipinski definition) is 2. The van der Waals surface area contributed by atoms with E-state index in [4.69, 9.17) is 9.47 Å². The van der Waals surface area contributed by atoms with Gasteiger partial charge < -0.3 is 19.7 Å². The Morgan fingerprint density at radius 3 is 2.41 bits per heavy atom. The summed E-state index contributed by atoms with van der Waals surface area (Å²) in [7, 11) is 0. The van der Waals surface area contributed by atoms with Crippen LogP contribution in [0.1, 0.15) is 90.9 Å². The molecule has 0 unspecified atom stereocenters. The molecule has 0 heterocycles. The predicted molar refractivity (Wildman–Crippen MR) is 122 cm³/mol. The van der Waals surface area contributed by atoms with Gasteiger partial charge in [0.2, 0.25) is 0 Å². The molecular formula is C25H42O7. The molecule has 0 aliphatic heterocycles. The molecule has 0 aromatic heterocycles. The molecule has 1 rings (SSSR count). The van der Waals surface area contributed by atoms with Crippen LogP contribution in [0.4, 0.5) is 0 Å². The summed E-state index contributed by atoms with van der Waals surface area (Å²) in [5, 5.41) is 20.3. The largest absolute Gasteiger partial charge is 0.462 e. The molecule has 7 nitrogen and oxygen atoms in total. The second-order valence-corrected chi connectivity index (χ2v) is 8.62. The Hall–Kier alpha value is -1.73. The zero-order valence-corrected chi connectivity index (χ0v) is 19.8. The summed E-state index contributed by atoms with van der Waals surface area (Å²) in [5.74, 6) is -0.926. The number of aliphatic hydroxyl groups excluding tert-OH is 2. The molecule has 1 aliphatic carbocycles. The number of Topliss-reactive ketones (excluding diaryl/α,β-unsaturated/α-hetero) is 1. The van der Waals surface area contributed by atoms with Crippen molar-refractivity contribution in [3.8, 4) is 0 Å². The van der Waals surface area contributed by atoms with Gasteiger partial charge in [-0.2, -0.15) is 0 Å². The van der Waals surface area contributed by atoms with Gasteiger partial charge in [-0.1, -0.05) is 64.5 Å². The van der Waals surface area contributed by atoms with E-state index in [9.17, 15) is 24.6 Å². The van der Waals surface area contributed by atoms with Gasteiger partial charge in [-0.05, 0) is 19.3 Å². The molecule has 7 heteroatoms. The zero-order chi connectivity index (χ0) is 23.8. The van der Waals surface area contributed by atoms with E-state index >= 15 is 0 Å². The molecule has 1 saturated carbocycles. The van der Waals surface area contributed by atoms with Gasteiger partial charge in [-0.25, -0.2) is 0 Å². The molecule has 184 valence electrons. The van der Waals surface area contributed by atoms with Crippen LogP contribution in [0.25, 0.3) is 0 Å². The molecule has 4 atom stereocenters. The lowest BCUT2D eigenvalue weighted by molar-refractivity contribution is -0.152. The first-order chi connectivity index (χ1) is 15.4. The number of carbonyl (C=O) groups excluding carboxylic acids is 3. The fourth-order valence-corrected chi connectivity index (χ4v) is 4.02. The lowest BCUT2D eigenvalue weighted by Crippen LogP contribution is -2.19. The van der Waals surface area contributed by atoms with E-state index < -0.39 is 12.2 Å². The molecule has 0 aromatic rings. The van der Waals surface area contributed by atoms with Crippen LogP contribution >= 0.6 is 0 Å². The predicted octanol–water partition coefficient (Wildman–Crippen LogP) is 3.89. The third-order valence-corrected chi connectivity index (χ3v) is 5.94. The first-order valence-corrected chi connectivity index (χ1v) is 12.3. The Labute approximate surface area is 192 Å². The van der Waals surface area contributed by atoms with Gasteiger partial charge in [-0.3, -0.25) is 14.4 Å². The zero-order valence-electron chi connectivity index (χ0n) is 19.8. The minimum atomic E-state index is -0.669. The Balaban J connectivity index is 2.22. The minimum Gasteiger partial charge on any atom is -0.462 e. The fourth-order valence-electron chi connectivity index (χ4n) is 4.02. The number of ether oxygens (including phenoxy) is 2. The van der Waals surface area contributed by atoms with Crippen LogP contribution in [0.5, 0.6) is 0 Å². The highest BCUT2D eigenvalue weighted by molar-refractivity contribution is 5.84. The van der Waals surface area contributed by atoms with E-state index in [1.165, 1.54) is 0 Å². The third-order valence-electron chi connectivity index (χ3n) is 5.94. The molecule has 2 N–H and O–H groups in total. The summed E-state index contributed by atoms with van der Waals surface area (Å²) in [4.78, 5) is 35.0. The second kappa shape index (κ2) is 16.8. The van der Waals surface area contributed by atoms with Crippen molar-refractivity contribution in [1.29, 1.82) is 0 Å². The first-order valence-electron chi connectivity index (χ1n) is 12.3. The number of rotatable bonds is 17. The van der Waals surface area contributed by atoms with Gasteiger partial charge in [0, 0.05) is 31.1 Å². The van der Waals surface area contributed by atoms with E-state index in [0.717, 1.165) is 38.5 Å².